The fourth-order valence-corrected chi connectivity index (χ4v) is 2.42. The van der Waals surface area contributed by atoms with Crippen molar-refractivity contribution in [3.8, 4) is 0 Å². The van der Waals surface area contributed by atoms with E-state index in [-0.39, 0.29) is 30.5 Å². The number of nitrogens with two attached hydrogens (primary N) is 2. The van der Waals surface area contributed by atoms with Crippen molar-refractivity contribution in [2.75, 3.05) is 13.7 Å². The average Bonchev–Trinajstić information content (AvgIpc) is 3.12. The number of hydrazine groups is 1. The summed E-state index contributed by atoms with van der Waals surface area (Å²) in [4.78, 5) is 42.4. The van der Waals surface area contributed by atoms with Gasteiger partial charge in [-0.3, -0.25) is 4.79 Å². The quantitative estimate of drug-likeness (QED) is 0.0944. The first kappa shape index (κ1) is 23.8. The predicted molar refractivity (Wildman–Crippen MR) is 102 cm³/mol. The van der Waals surface area contributed by atoms with Crippen LogP contribution in [0.3, 0.4) is 0 Å². The summed E-state index contributed by atoms with van der Waals surface area (Å²) in [6.45, 7) is 4.11. The van der Waals surface area contributed by atoms with Gasteiger partial charge in [-0.1, -0.05) is 19.3 Å². The van der Waals surface area contributed by atoms with E-state index < -0.39 is 29.0 Å². The van der Waals surface area contributed by atoms with E-state index >= 15 is 0 Å². The maximum atomic E-state index is 12.4. The van der Waals surface area contributed by atoms with E-state index in [1.54, 1.807) is 5.43 Å². The van der Waals surface area contributed by atoms with Gasteiger partial charge in [0.15, 0.2) is 10.7 Å². The highest BCUT2D eigenvalue weighted by molar-refractivity contribution is 5.94. The molecule has 0 saturated heterocycles. The van der Waals surface area contributed by atoms with Gasteiger partial charge in [-0.2, -0.15) is 0 Å². The molecule has 1 aromatic heterocycles. The monoisotopic (exact) mass is 413 g/mol. The Morgan fingerprint density at radius 3 is 2.72 bits per heavy atom. The molecular weight excluding hydrogens is 386 g/mol. The third-order valence-corrected chi connectivity index (χ3v) is 3.73. The van der Waals surface area contributed by atoms with E-state index in [9.17, 15) is 19.7 Å². The van der Waals surface area contributed by atoms with Crippen LogP contribution in [0.1, 0.15) is 55.5 Å². The molecule has 0 radical (unpaired) electrons. The molecule has 0 bridgehead atoms. The van der Waals surface area contributed by atoms with Crippen LogP contribution in [0, 0.1) is 16.0 Å². The highest BCUT2D eigenvalue weighted by atomic mass is 16.7. The molecule has 2 atom stereocenters. The van der Waals surface area contributed by atoms with E-state index in [2.05, 4.69) is 20.0 Å². The molecule has 0 saturated carbocycles. The number of amides is 1. The lowest BCUT2D eigenvalue weighted by molar-refractivity contribution is -0.525. The SMILES string of the molecule is COC(=O)C(CCCN=C(N)N[N+](=O)[O-])NC(=O)c1coc(C(N)CC(C)C)n1. The van der Waals surface area contributed by atoms with Crippen molar-refractivity contribution in [2.24, 2.45) is 22.4 Å². The van der Waals surface area contributed by atoms with E-state index in [4.69, 9.17) is 15.9 Å². The highest BCUT2D eigenvalue weighted by Gasteiger charge is 2.24. The van der Waals surface area contributed by atoms with Crippen LogP contribution in [0.25, 0.3) is 0 Å². The van der Waals surface area contributed by atoms with Gasteiger partial charge in [-0.25, -0.2) is 24.9 Å². The molecule has 0 aliphatic carbocycles. The molecule has 1 rings (SSSR count). The lowest BCUT2D eigenvalue weighted by Crippen LogP contribution is -2.42. The van der Waals surface area contributed by atoms with Gasteiger partial charge in [0.25, 0.3) is 11.9 Å². The van der Waals surface area contributed by atoms with Crippen molar-refractivity contribution in [2.45, 2.75) is 45.2 Å². The number of carbonyl (C=O) groups excluding carboxylic acids is 2. The molecule has 162 valence electrons. The Hall–Kier alpha value is -3.22. The number of nitrogens with one attached hydrogen (secondary N) is 2. The van der Waals surface area contributed by atoms with Crippen molar-refractivity contribution in [3.63, 3.8) is 0 Å². The smallest absolute Gasteiger partial charge is 0.328 e. The van der Waals surface area contributed by atoms with Crippen LogP contribution in [-0.4, -0.2) is 47.5 Å². The number of aromatic nitrogens is 1. The Morgan fingerprint density at radius 2 is 2.14 bits per heavy atom. The lowest BCUT2D eigenvalue weighted by Gasteiger charge is -2.15. The predicted octanol–water partition coefficient (Wildman–Crippen LogP) is -0.132. The molecule has 0 fully saturated rings. The van der Waals surface area contributed by atoms with Crippen LogP contribution in [0.15, 0.2) is 15.7 Å². The number of aliphatic imine (C=N–C) groups is 1. The van der Waals surface area contributed by atoms with Gasteiger partial charge in [0.05, 0.1) is 13.2 Å². The van der Waals surface area contributed by atoms with E-state index in [0.717, 1.165) is 0 Å². The number of esters is 1. The minimum absolute atomic E-state index is 0.00874. The molecule has 6 N–H and O–H groups in total. The Bertz CT molecular complexity index is 733. The Kier molecular flexibility index (Phi) is 9.51. The summed E-state index contributed by atoms with van der Waals surface area (Å²) in [5.74, 6) is -1.07. The third-order valence-electron chi connectivity index (χ3n) is 3.73. The second-order valence-electron chi connectivity index (χ2n) is 6.63. The number of nitro groups is 1. The second-order valence-corrected chi connectivity index (χ2v) is 6.63. The second kappa shape index (κ2) is 11.6. The standard InChI is InChI=1S/C16H27N7O6/c1-9(2)7-10(17)14-21-12(8-29-14)13(24)20-11(15(25)28-3)5-4-6-19-16(18)22-23(26)27/h8-11H,4-7,17H2,1-3H3,(H,20,24)(H3,18,19,22). The minimum atomic E-state index is -0.961. The zero-order valence-corrected chi connectivity index (χ0v) is 16.6. The molecule has 13 heteroatoms. The van der Waals surface area contributed by atoms with E-state index in [0.29, 0.717) is 18.8 Å². The first-order valence-corrected chi connectivity index (χ1v) is 8.94. The molecule has 0 aliphatic heterocycles. The normalized spacial score (nSPS) is 13.6. The summed E-state index contributed by atoms with van der Waals surface area (Å²) in [6.07, 6.45) is 2.30. The molecule has 13 nitrogen and oxygen atoms in total. The Balaban J connectivity index is 2.66. The third kappa shape index (κ3) is 8.55. The summed E-state index contributed by atoms with van der Waals surface area (Å²) in [7, 11) is 1.19. The first-order valence-electron chi connectivity index (χ1n) is 8.94. The van der Waals surface area contributed by atoms with Crippen LogP contribution in [0.2, 0.25) is 0 Å². The Labute approximate surface area is 167 Å². The van der Waals surface area contributed by atoms with Crippen LogP contribution in [0.4, 0.5) is 0 Å². The van der Waals surface area contributed by atoms with Gasteiger partial charge in [-0.05, 0) is 25.2 Å². The molecule has 1 amide bonds. The van der Waals surface area contributed by atoms with Crippen molar-refractivity contribution in [3.05, 3.63) is 28.0 Å². The fourth-order valence-electron chi connectivity index (χ4n) is 2.42. The summed E-state index contributed by atoms with van der Waals surface area (Å²) >= 11 is 0. The van der Waals surface area contributed by atoms with E-state index in [1.807, 2.05) is 13.8 Å². The van der Waals surface area contributed by atoms with Gasteiger partial charge in [0, 0.05) is 6.54 Å². The average molecular weight is 413 g/mol. The number of rotatable bonds is 11. The number of methoxy groups -OCH3 is 1. The number of oxazole rings is 1. The highest BCUT2D eigenvalue weighted by Crippen LogP contribution is 2.18. The largest absolute Gasteiger partial charge is 0.467 e. The lowest BCUT2D eigenvalue weighted by atomic mass is 10.0. The number of hydrogen-bond donors (Lipinski definition) is 4. The summed E-state index contributed by atoms with van der Waals surface area (Å²) in [5.41, 5.74) is 13.0. The topological polar surface area (TPSA) is 201 Å². The van der Waals surface area contributed by atoms with Gasteiger partial charge < -0.3 is 25.9 Å². The van der Waals surface area contributed by atoms with Gasteiger partial charge in [0.2, 0.25) is 5.89 Å². The molecule has 1 aromatic rings. The zero-order valence-electron chi connectivity index (χ0n) is 16.6. The van der Waals surface area contributed by atoms with Gasteiger partial charge >= 0.3 is 5.97 Å². The number of carbonyl (C=O) groups is 2. The molecular formula is C16H27N7O6. The van der Waals surface area contributed by atoms with Crippen molar-refractivity contribution in [1.29, 1.82) is 0 Å². The van der Waals surface area contributed by atoms with Gasteiger partial charge in [-0.15, -0.1) is 0 Å². The van der Waals surface area contributed by atoms with Gasteiger partial charge in [0.1, 0.15) is 12.3 Å². The molecule has 0 aromatic carbocycles. The van der Waals surface area contributed by atoms with Crippen LogP contribution in [0.5, 0.6) is 0 Å². The van der Waals surface area contributed by atoms with Crippen LogP contribution in [-0.2, 0) is 9.53 Å². The molecule has 0 aliphatic rings. The molecule has 0 spiro atoms. The van der Waals surface area contributed by atoms with Crippen molar-refractivity contribution >= 4 is 17.8 Å². The molecule has 1 heterocycles. The van der Waals surface area contributed by atoms with Crippen molar-refractivity contribution in [1.82, 2.24) is 15.7 Å². The summed E-state index contributed by atoms with van der Waals surface area (Å²) < 4.78 is 9.95. The van der Waals surface area contributed by atoms with Crippen LogP contribution < -0.4 is 22.2 Å². The molecule has 2 unspecified atom stereocenters. The van der Waals surface area contributed by atoms with E-state index in [1.165, 1.54) is 13.4 Å². The zero-order chi connectivity index (χ0) is 22.0. The summed E-state index contributed by atoms with van der Waals surface area (Å²) in [5, 5.41) is 11.9. The fraction of sp³-hybridized carbons (Fsp3) is 0.625. The van der Waals surface area contributed by atoms with Crippen molar-refractivity contribution < 1.29 is 23.8 Å². The first-order chi connectivity index (χ1) is 13.6. The number of ether oxygens (including phenoxy) is 1. The van der Waals surface area contributed by atoms with Crippen LogP contribution >= 0.6 is 0 Å². The minimum Gasteiger partial charge on any atom is -0.467 e. The maximum Gasteiger partial charge on any atom is 0.328 e. The molecule has 29 heavy (non-hydrogen) atoms. The maximum absolute atomic E-state index is 12.4. The summed E-state index contributed by atoms with van der Waals surface area (Å²) in [6, 6.07) is -1.40. The number of hydrogen-bond acceptors (Lipinski definition) is 9. The number of guanidine groups is 1. The number of nitrogens with zero attached hydrogens (tertiary/aromatic N) is 3. The Morgan fingerprint density at radius 1 is 1.45 bits per heavy atom.